The molecule has 0 amide bonds. The van der Waals surface area contributed by atoms with Gasteiger partial charge < -0.3 is 5.73 Å². The van der Waals surface area contributed by atoms with Crippen molar-refractivity contribution >= 4 is 11.0 Å². The fourth-order valence-corrected chi connectivity index (χ4v) is 2.15. The molecule has 1 atom stereocenters. The third-order valence-electron chi connectivity index (χ3n) is 3.21. The van der Waals surface area contributed by atoms with E-state index < -0.39 is 0 Å². The zero-order valence-corrected chi connectivity index (χ0v) is 10.5. The normalized spacial score (nSPS) is 12.8. The van der Waals surface area contributed by atoms with Gasteiger partial charge in [-0.15, -0.1) is 0 Å². The largest absolute Gasteiger partial charge is 0.324 e. The lowest BCUT2D eigenvalue weighted by Gasteiger charge is -2.10. The summed E-state index contributed by atoms with van der Waals surface area (Å²) < 4.78 is 15.9. The molecule has 0 fully saturated rings. The first-order chi connectivity index (χ1) is 9.16. The summed E-state index contributed by atoms with van der Waals surface area (Å²) in [7, 11) is 0. The first kappa shape index (κ1) is 11.9. The maximum atomic E-state index is 14.2. The molecule has 0 saturated heterocycles. The van der Waals surface area contributed by atoms with E-state index >= 15 is 0 Å². The Morgan fingerprint density at radius 3 is 2.74 bits per heavy atom. The Labute approximate surface area is 110 Å². The van der Waals surface area contributed by atoms with Crippen LogP contribution < -0.4 is 5.73 Å². The maximum Gasteiger partial charge on any atom is 0.147 e. The average Bonchev–Trinajstić information content (AvgIpc) is 2.82. The van der Waals surface area contributed by atoms with Crippen molar-refractivity contribution < 1.29 is 4.39 Å². The monoisotopic (exact) mass is 255 g/mol. The number of para-hydroxylation sites is 2. The smallest absolute Gasteiger partial charge is 0.147 e. The molecule has 1 heterocycles. The van der Waals surface area contributed by atoms with Gasteiger partial charge in [-0.05, 0) is 36.8 Å². The van der Waals surface area contributed by atoms with Crippen LogP contribution >= 0.6 is 0 Å². The molecule has 2 aromatic carbocycles. The predicted octanol–water partition coefficient (Wildman–Crippen LogP) is 3.18. The summed E-state index contributed by atoms with van der Waals surface area (Å²) in [6.07, 6.45) is 1.63. The molecule has 0 unspecified atom stereocenters. The summed E-state index contributed by atoms with van der Waals surface area (Å²) in [6.45, 7) is 1.83. The van der Waals surface area contributed by atoms with E-state index in [0.717, 1.165) is 16.6 Å². The van der Waals surface area contributed by atoms with Gasteiger partial charge in [-0.1, -0.05) is 18.2 Å². The van der Waals surface area contributed by atoms with Crippen LogP contribution in [0.3, 0.4) is 0 Å². The molecular formula is C15H14FN3. The van der Waals surface area contributed by atoms with Gasteiger partial charge in [0.25, 0.3) is 0 Å². The zero-order valence-electron chi connectivity index (χ0n) is 10.5. The number of nitrogens with zero attached hydrogens (tertiary/aromatic N) is 2. The second-order valence-electron chi connectivity index (χ2n) is 4.60. The first-order valence-electron chi connectivity index (χ1n) is 6.14. The summed E-state index contributed by atoms with van der Waals surface area (Å²) in [5.41, 5.74) is 8.75. The zero-order chi connectivity index (χ0) is 13.4. The van der Waals surface area contributed by atoms with Gasteiger partial charge in [0, 0.05) is 6.04 Å². The van der Waals surface area contributed by atoms with Gasteiger partial charge in [0.1, 0.15) is 12.1 Å². The van der Waals surface area contributed by atoms with E-state index in [2.05, 4.69) is 4.98 Å². The molecule has 0 aliphatic rings. The highest BCUT2D eigenvalue weighted by atomic mass is 19.1. The first-order valence-corrected chi connectivity index (χ1v) is 6.14. The summed E-state index contributed by atoms with van der Waals surface area (Å²) in [5.74, 6) is -0.294. The Bertz CT molecular complexity index is 731. The number of hydrogen-bond acceptors (Lipinski definition) is 2. The van der Waals surface area contributed by atoms with Crippen LogP contribution in [0, 0.1) is 5.82 Å². The van der Waals surface area contributed by atoms with Crippen LogP contribution in [0.1, 0.15) is 18.5 Å². The van der Waals surface area contributed by atoms with Crippen LogP contribution in [-0.2, 0) is 0 Å². The van der Waals surface area contributed by atoms with Gasteiger partial charge in [0.15, 0.2) is 0 Å². The van der Waals surface area contributed by atoms with Crippen molar-refractivity contribution in [3.05, 3.63) is 60.2 Å². The maximum absolute atomic E-state index is 14.2. The van der Waals surface area contributed by atoms with Crippen LogP contribution in [0.5, 0.6) is 0 Å². The Balaban J connectivity index is 2.17. The van der Waals surface area contributed by atoms with Gasteiger partial charge in [-0.25, -0.2) is 9.37 Å². The lowest BCUT2D eigenvalue weighted by atomic mass is 10.1. The number of imidazole rings is 1. The number of hydrogen-bond donors (Lipinski definition) is 1. The third kappa shape index (κ3) is 2.00. The number of fused-ring (bicyclic) bond motifs is 1. The molecule has 0 saturated carbocycles. The molecular weight excluding hydrogens is 241 g/mol. The molecule has 19 heavy (non-hydrogen) atoms. The summed E-state index contributed by atoms with van der Waals surface area (Å²) in [6, 6.07) is 12.5. The molecule has 96 valence electrons. The van der Waals surface area contributed by atoms with Crippen LogP contribution in [0.2, 0.25) is 0 Å². The molecule has 1 aromatic heterocycles. The molecule has 3 rings (SSSR count). The Morgan fingerprint density at radius 1 is 1.21 bits per heavy atom. The van der Waals surface area contributed by atoms with Gasteiger partial charge in [-0.2, -0.15) is 0 Å². The molecule has 2 N–H and O–H groups in total. The van der Waals surface area contributed by atoms with Gasteiger partial charge in [-0.3, -0.25) is 4.57 Å². The molecule has 3 nitrogen and oxygen atoms in total. The fraction of sp³-hybridized carbons (Fsp3) is 0.133. The number of benzene rings is 2. The standard InChI is InChI=1S/C15H14FN3/c1-10(17)11-6-7-14(12(16)8-11)19-9-18-13-4-2-3-5-15(13)19/h2-10H,17H2,1H3/t10-/m0/s1. The van der Waals surface area contributed by atoms with E-state index in [1.807, 2.05) is 37.3 Å². The minimum Gasteiger partial charge on any atom is -0.324 e. The lowest BCUT2D eigenvalue weighted by molar-refractivity contribution is 0.614. The molecule has 0 bridgehead atoms. The topological polar surface area (TPSA) is 43.8 Å². The van der Waals surface area contributed by atoms with E-state index in [1.165, 1.54) is 6.07 Å². The van der Waals surface area contributed by atoms with Crippen LogP contribution in [-0.4, -0.2) is 9.55 Å². The predicted molar refractivity (Wildman–Crippen MR) is 73.6 cm³/mol. The summed E-state index contributed by atoms with van der Waals surface area (Å²) >= 11 is 0. The van der Waals surface area contributed by atoms with Gasteiger partial charge in [0.05, 0.1) is 16.7 Å². The number of aromatic nitrogens is 2. The highest BCUT2D eigenvalue weighted by Crippen LogP contribution is 2.22. The lowest BCUT2D eigenvalue weighted by Crippen LogP contribution is -2.06. The number of halogens is 1. The average molecular weight is 255 g/mol. The molecule has 0 radical (unpaired) electrons. The van der Waals surface area contributed by atoms with E-state index in [4.69, 9.17) is 5.73 Å². The van der Waals surface area contributed by atoms with Crippen molar-refractivity contribution in [3.8, 4) is 5.69 Å². The Morgan fingerprint density at radius 2 is 2.00 bits per heavy atom. The highest BCUT2D eigenvalue weighted by Gasteiger charge is 2.10. The SMILES string of the molecule is C[C@H](N)c1ccc(-n2cnc3ccccc32)c(F)c1. The quantitative estimate of drug-likeness (QED) is 0.764. The van der Waals surface area contributed by atoms with Gasteiger partial charge in [0.2, 0.25) is 0 Å². The molecule has 0 aliphatic carbocycles. The Hall–Kier alpha value is -2.20. The second-order valence-corrected chi connectivity index (χ2v) is 4.60. The second kappa shape index (κ2) is 4.48. The van der Waals surface area contributed by atoms with Crippen molar-refractivity contribution in [1.82, 2.24) is 9.55 Å². The van der Waals surface area contributed by atoms with E-state index in [0.29, 0.717) is 5.69 Å². The summed E-state index contributed by atoms with van der Waals surface area (Å²) in [5, 5.41) is 0. The minimum absolute atomic E-state index is 0.178. The van der Waals surface area contributed by atoms with E-state index in [-0.39, 0.29) is 11.9 Å². The van der Waals surface area contributed by atoms with Crippen molar-refractivity contribution in [2.75, 3.05) is 0 Å². The molecule has 0 spiro atoms. The van der Waals surface area contributed by atoms with E-state index in [1.54, 1.807) is 17.0 Å². The van der Waals surface area contributed by atoms with Crippen molar-refractivity contribution in [2.45, 2.75) is 13.0 Å². The van der Waals surface area contributed by atoms with Crippen molar-refractivity contribution in [2.24, 2.45) is 5.73 Å². The molecule has 3 aromatic rings. The number of rotatable bonds is 2. The Kier molecular flexibility index (Phi) is 2.80. The van der Waals surface area contributed by atoms with Crippen LogP contribution in [0.25, 0.3) is 16.7 Å². The number of nitrogens with two attached hydrogens (primary N) is 1. The van der Waals surface area contributed by atoms with E-state index in [9.17, 15) is 4.39 Å². The van der Waals surface area contributed by atoms with Crippen molar-refractivity contribution in [3.63, 3.8) is 0 Å². The van der Waals surface area contributed by atoms with Gasteiger partial charge >= 0.3 is 0 Å². The van der Waals surface area contributed by atoms with Crippen LogP contribution in [0.4, 0.5) is 4.39 Å². The van der Waals surface area contributed by atoms with Crippen molar-refractivity contribution in [1.29, 1.82) is 0 Å². The highest BCUT2D eigenvalue weighted by molar-refractivity contribution is 5.77. The third-order valence-corrected chi connectivity index (χ3v) is 3.21. The molecule has 4 heteroatoms. The fourth-order valence-electron chi connectivity index (χ4n) is 2.15. The minimum atomic E-state index is -0.294. The van der Waals surface area contributed by atoms with Crippen LogP contribution in [0.15, 0.2) is 48.8 Å². The summed E-state index contributed by atoms with van der Waals surface area (Å²) in [4.78, 5) is 4.27. The molecule has 0 aliphatic heterocycles.